The van der Waals surface area contributed by atoms with Gasteiger partial charge in [-0.15, -0.1) is 0 Å². The summed E-state index contributed by atoms with van der Waals surface area (Å²) in [6.07, 6.45) is 1.52. The van der Waals surface area contributed by atoms with Crippen LogP contribution in [0.3, 0.4) is 0 Å². The van der Waals surface area contributed by atoms with Crippen LogP contribution in [0.25, 0.3) is 11.5 Å². The van der Waals surface area contributed by atoms with Crippen LogP contribution >= 0.6 is 0 Å². The van der Waals surface area contributed by atoms with Crippen molar-refractivity contribution in [3.05, 3.63) is 90.1 Å². The number of carbonyl (C=O) groups is 2. The van der Waals surface area contributed by atoms with Crippen LogP contribution in [0.2, 0.25) is 0 Å². The van der Waals surface area contributed by atoms with E-state index in [9.17, 15) is 14.0 Å². The first-order valence-electron chi connectivity index (χ1n) is 11.0. The third-order valence-corrected chi connectivity index (χ3v) is 6.09. The molecular weight excluding hydrogens is 451 g/mol. The molecule has 35 heavy (non-hydrogen) atoms. The number of methoxy groups -OCH3 is 1. The van der Waals surface area contributed by atoms with Crippen LogP contribution in [-0.4, -0.2) is 34.2 Å². The summed E-state index contributed by atoms with van der Waals surface area (Å²) in [5.41, 5.74) is 0.518. The third-order valence-electron chi connectivity index (χ3n) is 6.09. The third kappa shape index (κ3) is 4.05. The Balaban J connectivity index is 1.50. The van der Waals surface area contributed by atoms with E-state index in [0.717, 1.165) is 5.56 Å². The fourth-order valence-corrected chi connectivity index (χ4v) is 4.26. The zero-order chi connectivity index (χ0) is 24.6. The largest absolute Gasteiger partial charge is 0.497 e. The normalized spacial score (nSPS) is 17.2. The molecule has 1 N–H and O–H groups in total. The molecule has 8 nitrogen and oxygen atoms in total. The Morgan fingerprint density at radius 3 is 2.66 bits per heavy atom. The van der Waals surface area contributed by atoms with Crippen molar-refractivity contribution in [1.29, 1.82) is 0 Å². The zero-order valence-electron chi connectivity index (χ0n) is 19.2. The van der Waals surface area contributed by atoms with Crippen LogP contribution in [0.15, 0.2) is 77.4 Å². The summed E-state index contributed by atoms with van der Waals surface area (Å²) < 4.78 is 26.2. The Hall–Kier alpha value is -4.40. The molecule has 1 atom stereocenters. The molecule has 0 saturated heterocycles. The van der Waals surface area contributed by atoms with E-state index in [-0.39, 0.29) is 24.5 Å². The van der Waals surface area contributed by atoms with Gasteiger partial charge in [0, 0.05) is 18.3 Å². The van der Waals surface area contributed by atoms with E-state index in [1.54, 1.807) is 50.4 Å². The van der Waals surface area contributed by atoms with Gasteiger partial charge >= 0.3 is 0 Å². The number of aromatic nitrogens is 2. The maximum atomic E-state index is 14.1. The van der Waals surface area contributed by atoms with E-state index < -0.39 is 23.2 Å². The molecule has 5 rings (SSSR count). The molecule has 2 aromatic carbocycles. The molecule has 1 aliphatic heterocycles. The van der Waals surface area contributed by atoms with Gasteiger partial charge in [-0.25, -0.2) is 4.39 Å². The number of anilines is 1. The van der Waals surface area contributed by atoms with E-state index >= 15 is 0 Å². The summed E-state index contributed by atoms with van der Waals surface area (Å²) in [6, 6.07) is 18.0. The monoisotopic (exact) mass is 474 g/mol. The molecule has 3 heterocycles. The predicted molar refractivity (Wildman–Crippen MR) is 126 cm³/mol. The van der Waals surface area contributed by atoms with Gasteiger partial charge in [0.15, 0.2) is 5.76 Å². The summed E-state index contributed by atoms with van der Waals surface area (Å²) in [7, 11) is 1.58. The summed E-state index contributed by atoms with van der Waals surface area (Å²) in [5.74, 6) is -0.157. The van der Waals surface area contributed by atoms with Crippen molar-refractivity contribution in [3.63, 3.8) is 0 Å². The summed E-state index contributed by atoms with van der Waals surface area (Å²) >= 11 is 0. The van der Waals surface area contributed by atoms with Gasteiger partial charge in [-0.3, -0.25) is 19.2 Å². The number of nitrogens with one attached hydrogen (secondary N) is 1. The molecule has 178 valence electrons. The molecule has 1 aliphatic rings. The molecule has 0 unspecified atom stereocenters. The van der Waals surface area contributed by atoms with Gasteiger partial charge in [0.1, 0.15) is 28.5 Å². The van der Waals surface area contributed by atoms with Crippen LogP contribution < -0.4 is 15.0 Å². The summed E-state index contributed by atoms with van der Waals surface area (Å²) in [4.78, 5) is 28.6. The van der Waals surface area contributed by atoms with Crippen molar-refractivity contribution in [2.75, 3.05) is 12.0 Å². The SMILES string of the molecule is COc1ccc(CNC(=O)[C@@]2(C)Cn3nc(-c4ccco4)cc3C(=O)N2c2cccc(F)c2)cc1. The number of carbonyl (C=O) groups excluding carboxylic acids is 2. The maximum absolute atomic E-state index is 14.1. The van der Waals surface area contributed by atoms with Crippen LogP contribution in [0.5, 0.6) is 5.75 Å². The lowest BCUT2D eigenvalue weighted by Crippen LogP contribution is -2.64. The standard InChI is InChI=1S/C26H23FN4O4/c1-26(25(33)28-15-17-8-10-20(34-2)11-9-17)16-30-22(14-21(29-30)23-7-4-12-35-23)24(32)31(26)19-6-3-5-18(27)13-19/h3-14H,15-16H2,1-2H3,(H,28,33)/t26-/m1/s1. The molecule has 0 bridgehead atoms. The first-order valence-corrected chi connectivity index (χ1v) is 11.0. The second-order valence-corrected chi connectivity index (χ2v) is 8.47. The molecule has 0 radical (unpaired) electrons. The number of halogens is 1. The van der Waals surface area contributed by atoms with Gasteiger partial charge in [-0.1, -0.05) is 18.2 Å². The van der Waals surface area contributed by atoms with E-state index in [0.29, 0.717) is 17.2 Å². The van der Waals surface area contributed by atoms with Crippen LogP contribution in [0.1, 0.15) is 23.0 Å². The van der Waals surface area contributed by atoms with E-state index in [2.05, 4.69) is 10.4 Å². The quantitative estimate of drug-likeness (QED) is 0.456. The predicted octanol–water partition coefficient (Wildman–Crippen LogP) is 4.03. The van der Waals surface area contributed by atoms with Crippen molar-refractivity contribution in [2.45, 2.75) is 25.6 Å². The van der Waals surface area contributed by atoms with Crippen LogP contribution in [0.4, 0.5) is 10.1 Å². The van der Waals surface area contributed by atoms with Gasteiger partial charge in [0.25, 0.3) is 5.91 Å². The molecule has 9 heteroatoms. The second-order valence-electron chi connectivity index (χ2n) is 8.47. The molecule has 0 aliphatic carbocycles. The maximum Gasteiger partial charge on any atom is 0.277 e. The van der Waals surface area contributed by atoms with Gasteiger partial charge in [0.2, 0.25) is 5.91 Å². The molecular formula is C26H23FN4O4. The average molecular weight is 474 g/mol. The topological polar surface area (TPSA) is 89.6 Å². The molecule has 0 spiro atoms. The van der Waals surface area contributed by atoms with Crippen molar-refractivity contribution in [3.8, 4) is 17.2 Å². The molecule has 2 amide bonds. The minimum absolute atomic E-state index is 0.0692. The van der Waals surface area contributed by atoms with E-state index in [4.69, 9.17) is 9.15 Å². The van der Waals surface area contributed by atoms with Crippen LogP contribution in [0, 0.1) is 5.82 Å². The smallest absolute Gasteiger partial charge is 0.277 e. The van der Waals surface area contributed by atoms with E-state index in [1.165, 1.54) is 34.0 Å². The highest BCUT2D eigenvalue weighted by Gasteiger charge is 2.49. The Morgan fingerprint density at radius 1 is 1.17 bits per heavy atom. The number of amides is 2. The van der Waals surface area contributed by atoms with Gasteiger partial charge < -0.3 is 14.5 Å². The lowest BCUT2D eigenvalue weighted by molar-refractivity contribution is -0.126. The number of ether oxygens (including phenoxy) is 1. The summed E-state index contributed by atoms with van der Waals surface area (Å²) in [6.45, 7) is 1.96. The highest BCUT2D eigenvalue weighted by molar-refractivity contribution is 6.12. The van der Waals surface area contributed by atoms with Gasteiger partial charge in [0.05, 0.1) is 19.9 Å². The average Bonchev–Trinajstić information content (AvgIpc) is 3.53. The van der Waals surface area contributed by atoms with Crippen LogP contribution in [-0.2, 0) is 17.9 Å². The fourth-order valence-electron chi connectivity index (χ4n) is 4.26. The Kier molecular flexibility index (Phi) is 5.60. The van der Waals surface area contributed by atoms with Gasteiger partial charge in [-0.2, -0.15) is 5.10 Å². The Morgan fingerprint density at radius 2 is 1.97 bits per heavy atom. The minimum atomic E-state index is -1.38. The lowest BCUT2D eigenvalue weighted by Gasteiger charge is -2.43. The van der Waals surface area contributed by atoms with Crippen molar-refractivity contribution < 1.29 is 23.1 Å². The second kappa shape index (κ2) is 8.75. The van der Waals surface area contributed by atoms with Crippen molar-refractivity contribution >= 4 is 17.5 Å². The molecule has 2 aromatic heterocycles. The molecule has 4 aromatic rings. The minimum Gasteiger partial charge on any atom is -0.497 e. The Labute approximate surface area is 200 Å². The van der Waals surface area contributed by atoms with E-state index in [1.807, 2.05) is 12.1 Å². The number of furan rings is 1. The summed E-state index contributed by atoms with van der Waals surface area (Å²) in [5, 5.41) is 7.43. The van der Waals surface area contributed by atoms with Crippen molar-refractivity contribution in [2.24, 2.45) is 0 Å². The number of hydrogen-bond acceptors (Lipinski definition) is 5. The molecule has 0 saturated carbocycles. The first kappa shape index (κ1) is 22.4. The molecule has 0 fully saturated rings. The number of fused-ring (bicyclic) bond motifs is 1. The highest BCUT2D eigenvalue weighted by Crippen LogP contribution is 2.34. The fraction of sp³-hybridized carbons (Fsp3) is 0.192. The number of nitrogens with zero attached hydrogens (tertiary/aromatic N) is 3. The van der Waals surface area contributed by atoms with Crippen molar-refractivity contribution in [1.82, 2.24) is 15.1 Å². The first-order chi connectivity index (χ1) is 16.9. The van der Waals surface area contributed by atoms with Gasteiger partial charge in [-0.05, 0) is 55.0 Å². The Bertz CT molecular complexity index is 1380. The number of rotatable bonds is 6. The number of hydrogen-bond donors (Lipinski definition) is 1. The zero-order valence-corrected chi connectivity index (χ0v) is 19.2. The lowest BCUT2D eigenvalue weighted by atomic mass is 9.93. The number of benzene rings is 2. The highest BCUT2D eigenvalue weighted by atomic mass is 19.1.